The van der Waals surface area contributed by atoms with Gasteiger partial charge in [0.2, 0.25) is 0 Å². The fourth-order valence-electron chi connectivity index (χ4n) is 2.27. The van der Waals surface area contributed by atoms with Crippen molar-refractivity contribution in [2.24, 2.45) is 5.73 Å². The molecule has 0 aromatic heterocycles. The Labute approximate surface area is 112 Å². The summed E-state index contributed by atoms with van der Waals surface area (Å²) in [6.07, 6.45) is 3.53. The molecule has 0 amide bonds. The lowest BCUT2D eigenvalue weighted by molar-refractivity contribution is 0.236. The first-order chi connectivity index (χ1) is 8.54. The van der Waals surface area contributed by atoms with Crippen LogP contribution >= 0.6 is 0 Å². The molecule has 102 valence electrons. The van der Waals surface area contributed by atoms with Crippen LogP contribution in [0, 0.1) is 6.92 Å². The second-order valence-corrected chi connectivity index (χ2v) is 5.43. The minimum Gasteiger partial charge on any atom is -0.324 e. The van der Waals surface area contributed by atoms with Crippen LogP contribution < -0.4 is 5.73 Å². The Hall–Kier alpha value is -0.860. The zero-order chi connectivity index (χ0) is 13.5. The minimum atomic E-state index is 0.154. The Kier molecular flexibility index (Phi) is 6.37. The van der Waals surface area contributed by atoms with Crippen molar-refractivity contribution in [2.45, 2.75) is 52.1 Å². The van der Waals surface area contributed by atoms with Gasteiger partial charge in [0.25, 0.3) is 0 Å². The lowest BCUT2D eigenvalue weighted by Gasteiger charge is -2.25. The van der Waals surface area contributed by atoms with Crippen LogP contribution in [0.2, 0.25) is 0 Å². The van der Waals surface area contributed by atoms with Crippen LogP contribution in [0.5, 0.6) is 0 Å². The summed E-state index contributed by atoms with van der Waals surface area (Å²) < 4.78 is 0. The first-order valence-electron chi connectivity index (χ1n) is 7.07. The van der Waals surface area contributed by atoms with Crippen LogP contribution in [0.25, 0.3) is 0 Å². The van der Waals surface area contributed by atoms with Gasteiger partial charge in [0.05, 0.1) is 0 Å². The van der Waals surface area contributed by atoms with Gasteiger partial charge in [0, 0.05) is 12.1 Å². The molecule has 0 aliphatic rings. The van der Waals surface area contributed by atoms with Crippen LogP contribution in [0.1, 0.15) is 50.3 Å². The molecule has 18 heavy (non-hydrogen) atoms. The predicted octanol–water partition coefficient (Wildman–Crippen LogP) is 3.51. The molecule has 2 heteroatoms. The van der Waals surface area contributed by atoms with Gasteiger partial charge in [0.1, 0.15) is 0 Å². The lowest BCUT2D eigenvalue weighted by atomic mass is 10.0. The smallest absolute Gasteiger partial charge is 0.0307 e. The third kappa shape index (κ3) is 4.79. The Morgan fingerprint density at radius 3 is 2.61 bits per heavy atom. The molecule has 0 radical (unpaired) electrons. The van der Waals surface area contributed by atoms with E-state index >= 15 is 0 Å². The largest absolute Gasteiger partial charge is 0.324 e. The maximum absolute atomic E-state index is 6.26. The van der Waals surface area contributed by atoms with Crippen LogP contribution in [-0.4, -0.2) is 24.5 Å². The second-order valence-electron chi connectivity index (χ2n) is 5.43. The third-order valence-electron chi connectivity index (χ3n) is 3.72. The van der Waals surface area contributed by atoms with Gasteiger partial charge >= 0.3 is 0 Å². The molecule has 0 saturated carbocycles. The van der Waals surface area contributed by atoms with E-state index in [2.05, 4.69) is 57.0 Å². The fraction of sp³-hybridized carbons (Fsp3) is 0.625. The van der Waals surface area contributed by atoms with Crippen molar-refractivity contribution >= 4 is 0 Å². The Morgan fingerprint density at radius 2 is 2.00 bits per heavy atom. The highest BCUT2D eigenvalue weighted by Crippen LogP contribution is 2.16. The molecule has 0 heterocycles. The van der Waals surface area contributed by atoms with E-state index in [1.54, 1.807) is 0 Å². The van der Waals surface area contributed by atoms with Crippen molar-refractivity contribution < 1.29 is 0 Å². The summed E-state index contributed by atoms with van der Waals surface area (Å²) >= 11 is 0. The molecule has 2 unspecified atom stereocenters. The molecule has 2 atom stereocenters. The summed E-state index contributed by atoms with van der Waals surface area (Å²) in [6.45, 7) is 7.71. The maximum atomic E-state index is 6.26. The van der Waals surface area contributed by atoms with Crippen LogP contribution in [0.4, 0.5) is 0 Å². The quantitative estimate of drug-likeness (QED) is 0.800. The standard InChI is InChI=1S/C16H28N2/c1-5-7-14(3)18(4)11-10-16(17)15-9-6-8-13(2)12-15/h6,8-9,12,14,16H,5,7,10-11,17H2,1-4H3. The molecule has 1 aromatic carbocycles. The van der Waals surface area contributed by atoms with E-state index < -0.39 is 0 Å². The molecule has 1 rings (SSSR count). The summed E-state index contributed by atoms with van der Waals surface area (Å²) in [5, 5.41) is 0. The Bertz CT molecular complexity index is 349. The molecule has 0 bridgehead atoms. The highest BCUT2D eigenvalue weighted by molar-refractivity contribution is 5.24. The zero-order valence-corrected chi connectivity index (χ0v) is 12.3. The summed E-state index contributed by atoms with van der Waals surface area (Å²) in [6, 6.07) is 9.34. The summed E-state index contributed by atoms with van der Waals surface area (Å²) in [7, 11) is 2.20. The number of nitrogens with zero attached hydrogens (tertiary/aromatic N) is 1. The molecule has 0 aliphatic heterocycles. The Morgan fingerprint density at radius 1 is 1.28 bits per heavy atom. The van der Waals surface area contributed by atoms with Gasteiger partial charge in [-0.1, -0.05) is 43.2 Å². The Balaban J connectivity index is 2.43. The fourth-order valence-corrected chi connectivity index (χ4v) is 2.27. The molecule has 0 saturated heterocycles. The van der Waals surface area contributed by atoms with Crippen molar-refractivity contribution in [1.29, 1.82) is 0 Å². The SMILES string of the molecule is CCCC(C)N(C)CCC(N)c1cccc(C)c1. The molecular formula is C16H28N2. The molecular weight excluding hydrogens is 220 g/mol. The van der Waals surface area contributed by atoms with Crippen LogP contribution in [-0.2, 0) is 0 Å². The van der Waals surface area contributed by atoms with E-state index in [1.807, 2.05) is 0 Å². The molecule has 0 aliphatic carbocycles. The van der Waals surface area contributed by atoms with E-state index in [1.165, 1.54) is 24.0 Å². The van der Waals surface area contributed by atoms with Crippen molar-refractivity contribution in [2.75, 3.05) is 13.6 Å². The van der Waals surface area contributed by atoms with E-state index in [0.717, 1.165) is 13.0 Å². The van der Waals surface area contributed by atoms with E-state index in [4.69, 9.17) is 5.73 Å². The van der Waals surface area contributed by atoms with Gasteiger partial charge in [-0.2, -0.15) is 0 Å². The highest BCUT2D eigenvalue weighted by Gasteiger charge is 2.11. The number of hydrogen-bond acceptors (Lipinski definition) is 2. The van der Waals surface area contributed by atoms with E-state index in [0.29, 0.717) is 6.04 Å². The van der Waals surface area contributed by atoms with Gasteiger partial charge in [0.15, 0.2) is 0 Å². The number of benzene rings is 1. The lowest BCUT2D eigenvalue weighted by Crippen LogP contribution is -2.31. The van der Waals surface area contributed by atoms with E-state index in [9.17, 15) is 0 Å². The molecule has 2 N–H and O–H groups in total. The van der Waals surface area contributed by atoms with Crippen molar-refractivity contribution in [1.82, 2.24) is 4.90 Å². The van der Waals surface area contributed by atoms with Gasteiger partial charge in [-0.3, -0.25) is 0 Å². The van der Waals surface area contributed by atoms with Gasteiger partial charge in [-0.25, -0.2) is 0 Å². The summed E-state index contributed by atoms with van der Waals surface area (Å²) in [5.41, 5.74) is 8.80. The average Bonchev–Trinajstić information content (AvgIpc) is 2.35. The second kappa shape index (κ2) is 7.55. The molecule has 2 nitrogen and oxygen atoms in total. The average molecular weight is 248 g/mol. The monoisotopic (exact) mass is 248 g/mol. The number of rotatable bonds is 7. The van der Waals surface area contributed by atoms with E-state index in [-0.39, 0.29) is 6.04 Å². The van der Waals surface area contributed by atoms with Gasteiger partial charge < -0.3 is 10.6 Å². The summed E-state index contributed by atoms with van der Waals surface area (Å²) in [4.78, 5) is 2.42. The van der Waals surface area contributed by atoms with Gasteiger partial charge in [-0.15, -0.1) is 0 Å². The van der Waals surface area contributed by atoms with Crippen LogP contribution in [0.3, 0.4) is 0 Å². The van der Waals surface area contributed by atoms with Crippen molar-refractivity contribution in [3.63, 3.8) is 0 Å². The first kappa shape index (κ1) is 15.2. The first-order valence-corrected chi connectivity index (χ1v) is 7.07. The zero-order valence-electron chi connectivity index (χ0n) is 12.3. The molecule has 0 spiro atoms. The van der Waals surface area contributed by atoms with Crippen molar-refractivity contribution in [3.05, 3.63) is 35.4 Å². The minimum absolute atomic E-state index is 0.154. The third-order valence-corrected chi connectivity index (χ3v) is 3.72. The topological polar surface area (TPSA) is 29.3 Å². The van der Waals surface area contributed by atoms with Gasteiger partial charge in [-0.05, 0) is 45.8 Å². The number of hydrogen-bond donors (Lipinski definition) is 1. The number of nitrogens with two attached hydrogens (primary N) is 1. The summed E-state index contributed by atoms with van der Waals surface area (Å²) in [5.74, 6) is 0. The highest BCUT2D eigenvalue weighted by atomic mass is 15.1. The van der Waals surface area contributed by atoms with Crippen LogP contribution in [0.15, 0.2) is 24.3 Å². The maximum Gasteiger partial charge on any atom is 0.0307 e. The van der Waals surface area contributed by atoms with Crippen molar-refractivity contribution in [3.8, 4) is 0 Å². The molecule has 0 fully saturated rings. The molecule has 1 aromatic rings. The predicted molar refractivity (Wildman–Crippen MR) is 79.7 cm³/mol. The normalized spacial score (nSPS) is 14.8. The number of aryl methyl sites for hydroxylation is 1.